The number of amides is 1. The Kier molecular flexibility index (Phi) is 3.90. The molecule has 0 heterocycles. The highest BCUT2D eigenvalue weighted by atomic mass is 16.3. The molecule has 0 aliphatic heterocycles. The quantitative estimate of drug-likeness (QED) is 0.693. The number of nitriles is 1. The van der Waals surface area contributed by atoms with E-state index < -0.39 is 5.41 Å². The fraction of sp³-hybridized carbons (Fsp3) is 0.800. The predicted molar refractivity (Wildman–Crippen MR) is 51.2 cm³/mol. The van der Waals surface area contributed by atoms with Gasteiger partial charge in [0.2, 0.25) is 5.91 Å². The Bertz CT molecular complexity index is 239. The van der Waals surface area contributed by atoms with Crippen LogP contribution >= 0.6 is 0 Å². The van der Waals surface area contributed by atoms with Gasteiger partial charge in [0, 0.05) is 6.54 Å². The van der Waals surface area contributed by atoms with Gasteiger partial charge in [0.05, 0.1) is 12.7 Å². The van der Waals surface area contributed by atoms with E-state index in [0.29, 0.717) is 12.8 Å². The molecule has 1 amide bonds. The minimum Gasteiger partial charge on any atom is -0.395 e. The van der Waals surface area contributed by atoms with Gasteiger partial charge in [-0.1, -0.05) is 19.3 Å². The Labute approximate surface area is 83.9 Å². The molecule has 0 radical (unpaired) electrons. The van der Waals surface area contributed by atoms with E-state index in [1.807, 2.05) is 0 Å². The van der Waals surface area contributed by atoms with E-state index in [2.05, 4.69) is 11.4 Å². The van der Waals surface area contributed by atoms with E-state index in [0.717, 1.165) is 19.3 Å². The summed E-state index contributed by atoms with van der Waals surface area (Å²) in [6.07, 6.45) is 4.30. The van der Waals surface area contributed by atoms with Crippen LogP contribution in [0.3, 0.4) is 0 Å². The second-order valence-electron chi connectivity index (χ2n) is 3.73. The van der Waals surface area contributed by atoms with Crippen molar-refractivity contribution in [3.8, 4) is 6.07 Å². The molecule has 0 aromatic rings. The number of carbonyl (C=O) groups is 1. The second kappa shape index (κ2) is 4.97. The summed E-state index contributed by atoms with van der Waals surface area (Å²) in [6.45, 7) is 0.162. The molecule has 0 spiro atoms. The molecule has 1 aliphatic rings. The summed E-state index contributed by atoms with van der Waals surface area (Å²) in [5, 5.41) is 20.2. The molecular weight excluding hydrogens is 180 g/mol. The summed E-state index contributed by atoms with van der Waals surface area (Å²) in [4.78, 5) is 11.7. The van der Waals surface area contributed by atoms with Crippen LogP contribution in [-0.2, 0) is 4.79 Å². The molecule has 2 N–H and O–H groups in total. The van der Waals surface area contributed by atoms with Crippen LogP contribution in [0.15, 0.2) is 0 Å². The molecule has 0 atom stereocenters. The van der Waals surface area contributed by atoms with Gasteiger partial charge in [-0.3, -0.25) is 4.79 Å². The third-order valence-corrected chi connectivity index (χ3v) is 2.75. The molecule has 14 heavy (non-hydrogen) atoms. The number of hydrogen-bond donors (Lipinski definition) is 2. The molecule has 4 nitrogen and oxygen atoms in total. The number of aliphatic hydroxyl groups excluding tert-OH is 1. The van der Waals surface area contributed by atoms with Crippen LogP contribution in [-0.4, -0.2) is 24.2 Å². The van der Waals surface area contributed by atoms with E-state index in [4.69, 9.17) is 10.4 Å². The van der Waals surface area contributed by atoms with Crippen molar-refractivity contribution in [3.63, 3.8) is 0 Å². The summed E-state index contributed by atoms with van der Waals surface area (Å²) in [6, 6.07) is 2.13. The highest BCUT2D eigenvalue weighted by molar-refractivity contribution is 5.85. The lowest BCUT2D eigenvalue weighted by Gasteiger charge is -2.28. The Hall–Kier alpha value is -1.08. The molecule has 1 fully saturated rings. The van der Waals surface area contributed by atoms with Crippen molar-refractivity contribution < 1.29 is 9.90 Å². The fourth-order valence-corrected chi connectivity index (χ4v) is 1.88. The van der Waals surface area contributed by atoms with Crippen molar-refractivity contribution in [2.45, 2.75) is 32.1 Å². The molecule has 0 aromatic heterocycles. The normalized spacial score (nSPS) is 19.7. The van der Waals surface area contributed by atoms with Crippen molar-refractivity contribution in [2.24, 2.45) is 5.41 Å². The van der Waals surface area contributed by atoms with Crippen LogP contribution in [0, 0.1) is 16.7 Å². The Morgan fingerprint density at radius 2 is 2.07 bits per heavy atom. The summed E-state index contributed by atoms with van der Waals surface area (Å²) in [5.41, 5.74) is -0.826. The first-order valence-corrected chi connectivity index (χ1v) is 5.05. The average molecular weight is 196 g/mol. The molecule has 4 heteroatoms. The van der Waals surface area contributed by atoms with E-state index >= 15 is 0 Å². The Morgan fingerprint density at radius 1 is 1.43 bits per heavy atom. The summed E-state index contributed by atoms with van der Waals surface area (Å²) >= 11 is 0. The largest absolute Gasteiger partial charge is 0.395 e. The highest BCUT2D eigenvalue weighted by Crippen LogP contribution is 2.35. The third kappa shape index (κ3) is 2.24. The SMILES string of the molecule is N#CC1(C(=O)NCCO)CCCCC1. The zero-order valence-corrected chi connectivity index (χ0v) is 8.25. The van der Waals surface area contributed by atoms with Crippen molar-refractivity contribution >= 4 is 5.91 Å². The molecule has 0 unspecified atom stereocenters. The maximum absolute atomic E-state index is 11.7. The maximum atomic E-state index is 11.7. The first-order chi connectivity index (χ1) is 6.75. The molecule has 1 aliphatic carbocycles. The third-order valence-electron chi connectivity index (χ3n) is 2.75. The topological polar surface area (TPSA) is 73.1 Å². The van der Waals surface area contributed by atoms with Crippen LogP contribution in [0.4, 0.5) is 0 Å². The Morgan fingerprint density at radius 3 is 2.57 bits per heavy atom. The van der Waals surface area contributed by atoms with E-state index in [-0.39, 0.29) is 19.1 Å². The van der Waals surface area contributed by atoms with E-state index in [1.54, 1.807) is 0 Å². The number of carbonyl (C=O) groups excluding carboxylic acids is 1. The monoisotopic (exact) mass is 196 g/mol. The molecule has 1 saturated carbocycles. The van der Waals surface area contributed by atoms with Crippen LogP contribution in [0.5, 0.6) is 0 Å². The standard InChI is InChI=1S/C10H16N2O2/c11-8-10(4-2-1-3-5-10)9(14)12-6-7-13/h13H,1-7H2,(H,12,14). The molecule has 0 bridgehead atoms. The van der Waals surface area contributed by atoms with Gasteiger partial charge in [-0.25, -0.2) is 0 Å². The van der Waals surface area contributed by atoms with E-state index in [9.17, 15) is 4.79 Å². The van der Waals surface area contributed by atoms with Crippen molar-refractivity contribution in [2.75, 3.05) is 13.2 Å². The highest BCUT2D eigenvalue weighted by Gasteiger charge is 2.39. The zero-order valence-electron chi connectivity index (χ0n) is 8.25. The van der Waals surface area contributed by atoms with Crippen molar-refractivity contribution in [1.29, 1.82) is 5.26 Å². The zero-order chi connectivity index (χ0) is 10.4. The van der Waals surface area contributed by atoms with Crippen LogP contribution in [0.2, 0.25) is 0 Å². The van der Waals surface area contributed by atoms with Gasteiger partial charge in [0.1, 0.15) is 5.41 Å². The number of aliphatic hydroxyl groups is 1. The van der Waals surface area contributed by atoms with Gasteiger partial charge >= 0.3 is 0 Å². The van der Waals surface area contributed by atoms with Gasteiger partial charge in [-0.2, -0.15) is 5.26 Å². The van der Waals surface area contributed by atoms with Crippen molar-refractivity contribution in [3.05, 3.63) is 0 Å². The lowest BCUT2D eigenvalue weighted by Crippen LogP contribution is -2.42. The van der Waals surface area contributed by atoms with Gasteiger partial charge in [-0.05, 0) is 12.8 Å². The minimum absolute atomic E-state index is 0.0761. The maximum Gasteiger partial charge on any atom is 0.240 e. The van der Waals surface area contributed by atoms with Crippen molar-refractivity contribution in [1.82, 2.24) is 5.32 Å². The summed E-state index contributed by atoms with van der Waals surface area (Å²) in [7, 11) is 0. The van der Waals surface area contributed by atoms with Gasteiger partial charge in [0.25, 0.3) is 0 Å². The lowest BCUT2D eigenvalue weighted by atomic mass is 9.74. The van der Waals surface area contributed by atoms with Gasteiger partial charge in [-0.15, -0.1) is 0 Å². The Balaban J connectivity index is 2.59. The molecule has 0 saturated heterocycles. The number of nitrogens with one attached hydrogen (secondary N) is 1. The molecular formula is C10H16N2O2. The number of hydrogen-bond acceptors (Lipinski definition) is 3. The summed E-state index contributed by atoms with van der Waals surface area (Å²) in [5.74, 6) is -0.214. The molecule has 1 rings (SSSR count). The van der Waals surface area contributed by atoms with Crippen LogP contribution in [0.25, 0.3) is 0 Å². The van der Waals surface area contributed by atoms with Crippen LogP contribution < -0.4 is 5.32 Å². The van der Waals surface area contributed by atoms with Crippen LogP contribution in [0.1, 0.15) is 32.1 Å². The fourth-order valence-electron chi connectivity index (χ4n) is 1.88. The second-order valence-corrected chi connectivity index (χ2v) is 3.73. The predicted octanol–water partition coefficient (Wildman–Crippen LogP) is 0.569. The lowest BCUT2D eigenvalue weighted by molar-refractivity contribution is -0.129. The first-order valence-electron chi connectivity index (χ1n) is 5.05. The van der Waals surface area contributed by atoms with Gasteiger partial charge in [0.15, 0.2) is 0 Å². The smallest absolute Gasteiger partial charge is 0.240 e. The van der Waals surface area contributed by atoms with E-state index in [1.165, 1.54) is 0 Å². The molecule has 78 valence electrons. The van der Waals surface area contributed by atoms with Gasteiger partial charge < -0.3 is 10.4 Å². The minimum atomic E-state index is -0.826. The summed E-state index contributed by atoms with van der Waals surface area (Å²) < 4.78 is 0. The average Bonchev–Trinajstić information content (AvgIpc) is 2.26. The molecule has 0 aromatic carbocycles. The number of nitrogens with zero attached hydrogens (tertiary/aromatic N) is 1. The first kappa shape index (κ1) is 11.0. The number of rotatable bonds is 3.